The fourth-order valence-electron chi connectivity index (χ4n) is 4.47. The zero-order valence-corrected chi connectivity index (χ0v) is 25.4. The summed E-state index contributed by atoms with van der Waals surface area (Å²) in [7, 11) is -0.786. The maximum atomic E-state index is 13.3. The molecule has 2 aromatic rings. The van der Waals surface area contributed by atoms with E-state index in [9.17, 15) is 19.5 Å². The van der Waals surface area contributed by atoms with E-state index >= 15 is 0 Å². The van der Waals surface area contributed by atoms with Crippen LogP contribution < -0.4 is 9.64 Å². The highest BCUT2D eigenvalue weighted by atomic mass is 28.3. The quantitative estimate of drug-likeness (QED) is 0.339. The molecule has 39 heavy (non-hydrogen) atoms. The minimum absolute atomic E-state index is 0.130. The summed E-state index contributed by atoms with van der Waals surface area (Å²) in [5, 5.41) is 9.88. The van der Waals surface area contributed by atoms with E-state index in [2.05, 4.69) is 25.8 Å². The van der Waals surface area contributed by atoms with Gasteiger partial charge in [0.15, 0.2) is 8.24 Å². The molecule has 0 radical (unpaired) electrons. The minimum atomic E-state index is -2.37. The number of nitrogens with zero attached hydrogens (tertiary/aromatic N) is 3. The number of pyridine rings is 1. The van der Waals surface area contributed by atoms with Gasteiger partial charge in [0.05, 0.1) is 19.6 Å². The normalized spacial score (nSPS) is 17.9. The summed E-state index contributed by atoms with van der Waals surface area (Å²) in [4.78, 5) is 44.7. The maximum Gasteiger partial charge on any atom is 0.416 e. The Hall–Kier alpha value is -3.40. The first kappa shape index (κ1) is 30.1. The number of rotatable bonds is 8. The average Bonchev–Trinajstić information content (AvgIpc) is 2.82. The van der Waals surface area contributed by atoms with E-state index in [-0.39, 0.29) is 23.9 Å². The predicted octanol–water partition coefficient (Wildman–Crippen LogP) is 5.49. The Morgan fingerprint density at radius 2 is 1.67 bits per heavy atom. The lowest BCUT2D eigenvalue weighted by atomic mass is 9.85. The zero-order valence-electron chi connectivity index (χ0n) is 24.4. The van der Waals surface area contributed by atoms with Crippen LogP contribution in [0.5, 0.6) is 5.75 Å². The largest absolute Gasteiger partial charge is 0.497 e. The number of carbonyl (C=O) groups excluding carboxylic acids is 2. The first-order valence-corrected chi connectivity index (χ1v) is 16.1. The van der Waals surface area contributed by atoms with Crippen molar-refractivity contribution in [3.63, 3.8) is 0 Å². The predicted molar refractivity (Wildman–Crippen MR) is 152 cm³/mol. The number of hydrogen-bond donors (Lipinski definition) is 1. The van der Waals surface area contributed by atoms with Gasteiger partial charge < -0.3 is 19.1 Å². The van der Waals surface area contributed by atoms with E-state index in [4.69, 9.17) is 9.47 Å². The number of hydrogen-bond acceptors (Lipinski definition) is 6. The van der Waals surface area contributed by atoms with E-state index in [0.29, 0.717) is 11.6 Å². The van der Waals surface area contributed by atoms with Gasteiger partial charge in [-0.05, 0) is 67.6 Å². The van der Waals surface area contributed by atoms with Gasteiger partial charge in [-0.2, -0.15) is 0 Å². The molecule has 212 valence electrons. The number of anilines is 1. The lowest BCUT2D eigenvalue weighted by Crippen LogP contribution is -2.75. The van der Waals surface area contributed by atoms with Crippen LogP contribution in [0.15, 0.2) is 42.6 Å². The van der Waals surface area contributed by atoms with Crippen molar-refractivity contribution in [3.8, 4) is 5.75 Å². The van der Waals surface area contributed by atoms with Crippen molar-refractivity contribution in [3.05, 3.63) is 53.7 Å². The van der Waals surface area contributed by atoms with Crippen LogP contribution in [0, 0.1) is 5.92 Å². The van der Waals surface area contributed by atoms with Gasteiger partial charge in [-0.15, -0.1) is 0 Å². The smallest absolute Gasteiger partial charge is 0.416 e. The number of aromatic nitrogens is 1. The Labute approximate surface area is 232 Å². The SMILES string of the molecule is COc1ccc(CN(C(=O)OC(C)(C)C)c2cc(CC3C(=O)N([Si](C)(C)C(C)(C)C)C3C(=O)O)ccn2)cc1. The highest BCUT2D eigenvalue weighted by Crippen LogP contribution is 2.45. The molecule has 1 fully saturated rings. The van der Waals surface area contributed by atoms with Gasteiger partial charge in [-0.3, -0.25) is 9.69 Å². The average molecular weight is 556 g/mol. The van der Waals surface area contributed by atoms with E-state index in [0.717, 1.165) is 11.1 Å². The van der Waals surface area contributed by atoms with Crippen LogP contribution in [0.1, 0.15) is 52.7 Å². The fraction of sp³-hybridized carbons (Fsp3) is 0.517. The van der Waals surface area contributed by atoms with Crippen LogP contribution in [0.3, 0.4) is 0 Å². The van der Waals surface area contributed by atoms with Crippen LogP contribution in [-0.2, 0) is 27.3 Å². The molecule has 10 heteroatoms. The molecule has 1 aliphatic rings. The van der Waals surface area contributed by atoms with Crippen LogP contribution in [0.4, 0.5) is 10.6 Å². The van der Waals surface area contributed by atoms with Crippen molar-refractivity contribution in [2.45, 2.75) is 84.3 Å². The molecule has 0 aliphatic carbocycles. The molecule has 1 N–H and O–H groups in total. The number of aliphatic carboxylic acids is 1. The van der Waals surface area contributed by atoms with Crippen LogP contribution >= 0.6 is 0 Å². The molecule has 1 aliphatic heterocycles. The number of amides is 2. The number of carboxylic acid groups (broad SMARTS) is 1. The number of ether oxygens (including phenoxy) is 2. The van der Waals surface area contributed by atoms with Crippen LogP contribution in [0.25, 0.3) is 0 Å². The van der Waals surface area contributed by atoms with Crippen molar-refractivity contribution in [2.24, 2.45) is 5.92 Å². The molecule has 1 saturated heterocycles. The van der Waals surface area contributed by atoms with Gasteiger partial charge in [0.2, 0.25) is 5.91 Å². The standard InChI is InChI=1S/C29H41N3O6Si/c1-28(2,3)38-27(36)31(18-19-10-12-21(37-7)13-11-19)23-17-20(14-15-30-23)16-22-24(26(34)35)32(25(22)33)39(8,9)29(4,5)6/h10-15,17,22,24H,16,18H2,1-9H3,(H,34,35). The molecule has 0 saturated carbocycles. The number of benzene rings is 1. The minimum Gasteiger partial charge on any atom is -0.497 e. The Balaban J connectivity index is 1.90. The number of carboxylic acids is 1. The van der Waals surface area contributed by atoms with Gasteiger partial charge in [0.25, 0.3) is 0 Å². The summed E-state index contributed by atoms with van der Waals surface area (Å²) in [5.41, 5.74) is 0.856. The fourth-order valence-corrected chi connectivity index (χ4v) is 6.90. The number of methoxy groups -OCH3 is 1. The molecule has 2 unspecified atom stereocenters. The second-order valence-corrected chi connectivity index (χ2v) is 17.6. The second-order valence-electron chi connectivity index (χ2n) is 12.5. The lowest BCUT2D eigenvalue weighted by molar-refractivity contribution is -0.163. The van der Waals surface area contributed by atoms with Gasteiger partial charge in [0.1, 0.15) is 23.2 Å². The van der Waals surface area contributed by atoms with E-state index < -0.39 is 37.9 Å². The Morgan fingerprint density at radius 3 is 2.18 bits per heavy atom. The highest BCUT2D eigenvalue weighted by Gasteiger charge is 2.59. The first-order chi connectivity index (χ1) is 18.0. The zero-order chi connectivity index (χ0) is 29.3. The van der Waals surface area contributed by atoms with Crippen molar-refractivity contribution >= 4 is 32.0 Å². The Morgan fingerprint density at radius 1 is 1.05 bits per heavy atom. The van der Waals surface area contributed by atoms with Gasteiger partial charge in [0, 0.05) is 6.20 Å². The number of β-lactam (4-membered cyclic amide) rings is 1. The Kier molecular flexibility index (Phi) is 8.50. The summed E-state index contributed by atoms with van der Waals surface area (Å²) >= 11 is 0. The molecule has 9 nitrogen and oxygen atoms in total. The molecule has 1 aromatic heterocycles. The summed E-state index contributed by atoms with van der Waals surface area (Å²) in [6.45, 7) is 15.8. The van der Waals surface area contributed by atoms with Crippen molar-refractivity contribution < 1.29 is 29.0 Å². The molecule has 2 heterocycles. The monoisotopic (exact) mass is 555 g/mol. The molecule has 0 spiro atoms. The molecular weight excluding hydrogens is 514 g/mol. The summed E-state index contributed by atoms with van der Waals surface area (Å²) in [6, 6.07) is 9.96. The molecular formula is C29H41N3O6Si. The van der Waals surface area contributed by atoms with Gasteiger partial charge in [-0.25, -0.2) is 14.6 Å². The summed E-state index contributed by atoms with van der Waals surface area (Å²) in [5.74, 6) is -0.739. The topological polar surface area (TPSA) is 109 Å². The van der Waals surface area contributed by atoms with Gasteiger partial charge >= 0.3 is 12.1 Å². The third-order valence-corrected chi connectivity index (χ3v) is 12.9. The molecule has 3 rings (SSSR count). The maximum absolute atomic E-state index is 13.3. The molecule has 2 atom stereocenters. The Bertz CT molecular complexity index is 1220. The van der Waals surface area contributed by atoms with Crippen LogP contribution in [-0.4, -0.2) is 59.6 Å². The van der Waals surface area contributed by atoms with E-state index in [1.807, 2.05) is 37.4 Å². The lowest BCUT2D eigenvalue weighted by Gasteiger charge is -2.56. The van der Waals surface area contributed by atoms with Crippen molar-refractivity contribution in [1.29, 1.82) is 0 Å². The highest BCUT2D eigenvalue weighted by molar-refractivity contribution is 6.80. The summed E-state index contributed by atoms with van der Waals surface area (Å²) in [6.07, 6.45) is 1.25. The number of carbonyl (C=O) groups is 3. The third kappa shape index (κ3) is 6.61. The molecule has 0 bridgehead atoms. The molecule has 2 amide bonds. The molecule has 1 aromatic carbocycles. The summed E-state index contributed by atoms with van der Waals surface area (Å²) < 4.78 is 12.5. The van der Waals surface area contributed by atoms with Crippen molar-refractivity contribution in [1.82, 2.24) is 9.55 Å². The van der Waals surface area contributed by atoms with Crippen molar-refractivity contribution in [2.75, 3.05) is 12.0 Å². The van der Waals surface area contributed by atoms with E-state index in [1.54, 1.807) is 50.8 Å². The van der Waals surface area contributed by atoms with Crippen LogP contribution in [0.2, 0.25) is 18.1 Å². The van der Waals surface area contributed by atoms with E-state index in [1.165, 1.54) is 4.90 Å². The first-order valence-electron chi connectivity index (χ1n) is 13.1. The third-order valence-electron chi connectivity index (χ3n) is 7.56. The second kappa shape index (κ2) is 11.0. The van der Waals surface area contributed by atoms with Gasteiger partial charge in [-0.1, -0.05) is 46.0 Å².